The van der Waals surface area contributed by atoms with Gasteiger partial charge in [0.1, 0.15) is 0 Å². The fraction of sp³-hybridized carbons (Fsp3) is 0.375. The average molecular weight is 351 g/mol. The number of carbonyl (C=O) groups excluding carboxylic acids is 1. The number of benzene rings is 1. The predicted octanol–water partition coefficient (Wildman–Crippen LogP) is 3.42. The number of halogens is 1. The lowest BCUT2D eigenvalue weighted by Gasteiger charge is -2.06. The molecule has 4 nitrogen and oxygen atoms in total. The Morgan fingerprint density at radius 1 is 1.29 bits per heavy atom. The van der Waals surface area contributed by atoms with Crippen LogP contribution in [0.25, 0.3) is 0 Å². The smallest absolute Gasteiger partial charge is 0.310 e. The molecule has 0 saturated heterocycles. The number of nitrogens with zero attached hydrogens (tertiary/aromatic N) is 2. The molecule has 0 N–H and O–H groups in total. The highest BCUT2D eigenvalue weighted by Crippen LogP contribution is 2.17. The van der Waals surface area contributed by atoms with Crippen LogP contribution in [0, 0.1) is 13.8 Å². The van der Waals surface area contributed by atoms with Crippen molar-refractivity contribution >= 4 is 21.9 Å². The van der Waals surface area contributed by atoms with Gasteiger partial charge in [-0.05, 0) is 38.5 Å². The number of aromatic nitrogens is 2. The van der Waals surface area contributed by atoms with Crippen LogP contribution in [0.1, 0.15) is 29.4 Å². The van der Waals surface area contributed by atoms with Gasteiger partial charge in [0.25, 0.3) is 0 Å². The minimum atomic E-state index is -0.202. The summed E-state index contributed by atoms with van der Waals surface area (Å²) in [4.78, 5) is 11.7. The molecule has 21 heavy (non-hydrogen) atoms. The van der Waals surface area contributed by atoms with E-state index in [1.54, 1.807) is 0 Å². The maximum Gasteiger partial charge on any atom is 0.310 e. The van der Waals surface area contributed by atoms with Crippen LogP contribution in [0.4, 0.5) is 0 Å². The maximum atomic E-state index is 11.7. The van der Waals surface area contributed by atoms with Crippen molar-refractivity contribution in [2.45, 2.75) is 33.7 Å². The van der Waals surface area contributed by atoms with Crippen molar-refractivity contribution in [3.63, 3.8) is 0 Å². The van der Waals surface area contributed by atoms with Crippen LogP contribution >= 0.6 is 15.9 Å². The third-order valence-electron chi connectivity index (χ3n) is 3.40. The molecule has 0 spiro atoms. The normalized spacial score (nSPS) is 10.7. The molecule has 1 heterocycles. The van der Waals surface area contributed by atoms with Gasteiger partial charge in [-0.1, -0.05) is 28.1 Å². The van der Waals surface area contributed by atoms with Gasteiger partial charge in [-0.25, -0.2) is 0 Å². The molecule has 1 aromatic carbocycles. The van der Waals surface area contributed by atoms with Crippen LogP contribution in [0.15, 0.2) is 28.7 Å². The molecule has 0 aliphatic carbocycles. The Balaban J connectivity index is 2.18. The minimum absolute atomic E-state index is 0.202. The van der Waals surface area contributed by atoms with Gasteiger partial charge in [0, 0.05) is 15.7 Å². The topological polar surface area (TPSA) is 44.1 Å². The van der Waals surface area contributed by atoms with Crippen LogP contribution in [0.2, 0.25) is 0 Å². The molecule has 2 rings (SSSR count). The minimum Gasteiger partial charge on any atom is -0.466 e. The molecule has 0 aliphatic heterocycles. The maximum absolute atomic E-state index is 11.7. The molecule has 0 atom stereocenters. The van der Waals surface area contributed by atoms with Crippen LogP contribution in [0.5, 0.6) is 0 Å². The summed E-state index contributed by atoms with van der Waals surface area (Å²) < 4.78 is 8.01. The molecule has 0 radical (unpaired) electrons. The van der Waals surface area contributed by atoms with Gasteiger partial charge in [0.15, 0.2) is 0 Å². The van der Waals surface area contributed by atoms with Crippen molar-refractivity contribution in [2.24, 2.45) is 0 Å². The molecule has 0 fully saturated rings. The van der Waals surface area contributed by atoms with Gasteiger partial charge >= 0.3 is 5.97 Å². The Bertz CT molecular complexity index is 632. The van der Waals surface area contributed by atoms with E-state index in [1.165, 1.54) is 5.56 Å². The van der Waals surface area contributed by atoms with Crippen molar-refractivity contribution in [2.75, 3.05) is 6.61 Å². The van der Waals surface area contributed by atoms with Gasteiger partial charge in [0.2, 0.25) is 0 Å². The second-order valence-corrected chi connectivity index (χ2v) is 5.83. The number of hydrogen-bond acceptors (Lipinski definition) is 3. The van der Waals surface area contributed by atoms with E-state index in [-0.39, 0.29) is 12.4 Å². The average Bonchev–Trinajstić information content (AvgIpc) is 2.69. The van der Waals surface area contributed by atoms with Crippen LogP contribution in [0.3, 0.4) is 0 Å². The fourth-order valence-corrected chi connectivity index (χ4v) is 2.53. The van der Waals surface area contributed by atoms with E-state index >= 15 is 0 Å². The molecular weight excluding hydrogens is 332 g/mol. The molecule has 0 saturated carbocycles. The summed E-state index contributed by atoms with van der Waals surface area (Å²) in [6, 6.07) is 8.15. The molecule has 1 aromatic heterocycles. The molecule has 0 amide bonds. The Hall–Kier alpha value is -1.62. The number of hydrogen-bond donors (Lipinski definition) is 0. The van der Waals surface area contributed by atoms with Crippen molar-refractivity contribution in [1.29, 1.82) is 0 Å². The number of rotatable bonds is 5. The first-order chi connectivity index (χ1) is 10.0. The molecule has 5 heteroatoms. The summed E-state index contributed by atoms with van der Waals surface area (Å²) in [5.41, 5.74) is 4.04. The summed E-state index contributed by atoms with van der Waals surface area (Å²) in [6.45, 7) is 6.84. The van der Waals surface area contributed by atoms with Gasteiger partial charge in [-0.15, -0.1) is 0 Å². The molecular formula is C16H19BrN2O2. The van der Waals surface area contributed by atoms with E-state index in [4.69, 9.17) is 4.74 Å². The highest BCUT2D eigenvalue weighted by atomic mass is 79.9. The Morgan fingerprint density at radius 3 is 2.57 bits per heavy atom. The fourth-order valence-electron chi connectivity index (χ4n) is 2.26. The van der Waals surface area contributed by atoms with Crippen LogP contribution in [-0.2, 0) is 22.5 Å². The second kappa shape index (κ2) is 6.89. The third-order valence-corrected chi connectivity index (χ3v) is 3.93. The second-order valence-electron chi connectivity index (χ2n) is 4.92. The van der Waals surface area contributed by atoms with E-state index in [9.17, 15) is 4.79 Å². The van der Waals surface area contributed by atoms with E-state index < -0.39 is 0 Å². The lowest BCUT2D eigenvalue weighted by Crippen LogP contribution is -2.09. The van der Waals surface area contributed by atoms with Crippen molar-refractivity contribution < 1.29 is 9.53 Å². The van der Waals surface area contributed by atoms with Gasteiger partial charge in [-0.2, -0.15) is 5.10 Å². The predicted molar refractivity (Wildman–Crippen MR) is 85.3 cm³/mol. The third kappa shape index (κ3) is 3.94. The molecule has 0 aliphatic rings. The molecule has 0 bridgehead atoms. The lowest BCUT2D eigenvalue weighted by molar-refractivity contribution is -0.142. The zero-order valence-corrected chi connectivity index (χ0v) is 14.1. The Kier molecular flexibility index (Phi) is 5.17. The Morgan fingerprint density at radius 2 is 1.95 bits per heavy atom. The summed E-state index contributed by atoms with van der Waals surface area (Å²) in [6.07, 6.45) is 0.284. The largest absolute Gasteiger partial charge is 0.466 e. The first-order valence-corrected chi connectivity index (χ1v) is 7.73. The van der Waals surface area contributed by atoms with E-state index in [1.807, 2.05) is 37.6 Å². The number of aryl methyl sites for hydroxylation is 1. The summed E-state index contributed by atoms with van der Waals surface area (Å²) in [5.74, 6) is -0.202. The quantitative estimate of drug-likeness (QED) is 0.776. The van der Waals surface area contributed by atoms with Crippen molar-refractivity contribution in [3.05, 3.63) is 51.3 Å². The number of carbonyl (C=O) groups is 1. The number of esters is 1. The van der Waals surface area contributed by atoms with E-state index in [0.717, 1.165) is 21.4 Å². The van der Waals surface area contributed by atoms with E-state index in [0.29, 0.717) is 13.2 Å². The van der Waals surface area contributed by atoms with Crippen molar-refractivity contribution in [1.82, 2.24) is 9.78 Å². The van der Waals surface area contributed by atoms with Crippen LogP contribution < -0.4 is 0 Å². The standard InChI is InChI=1S/C16H19BrN2O2/c1-4-21-16(20)9-15-11(2)18-19(12(15)3)10-13-5-7-14(17)8-6-13/h5-8H,4,9-10H2,1-3H3. The van der Waals surface area contributed by atoms with E-state index in [2.05, 4.69) is 33.2 Å². The van der Waals surface area contributed by atoms with Gasteiger partial charge in [0.05, 0.1) is 25.3 Å². The first kappa shape index (κ1) is 15.8. The van der Waals surface area contributed by atoms with Gasteiger partial charge < -0.3 is 4.74 Å². The zero-order valence-electron chi connectivity index (χ0n) is 12.5. The zero-order chi connectivity index (χ0) is 15.4. The SMILES string of the molecule is CCOC(=O)Cc1c(C)nn(Cc2ccc(Br)cc2)c1C. The lowest BCUT2D eigenvalue weighted by atomic mass is 10.1. The number of ether oxygens (including phenoxy) is 1. The monoisotopic (exact) mass is 350 g/mol. The Labute approximate surface area is 133 Å². The highest BCUT2D eigenvalue weighted by molar-refractivity contribution is 9.10. The summed E-state index contributed by atoms with van der Waals surface area (Å²) >= 11 is 3.43. The van der Waals surface area contributed by atoms with Gasteiger partial charge in [-0.3, -0.25) is 9.48 Å². The van der Waals surface area contributed by atoms with Crippen LogP contribution in [-0.4, -0.2) is 22.4 Å². The summed E-state index contributed by atoms with van der Waals surface area (Å²) in [5, 5.41) is 4.54. The summed E-state index contributed by atoms with van der Waals surface area (Å²) in [7, 11) is 0. The molecule has 2 aromatic rings. The molecule has 0 unspecified atom stereocenters. The van der Waals surface area contributed by atoms with Crippen molar-refractivity contribution in [3.8, 4) is 0 Å². The highest BCUT2D eigenvalue weighted by Gasteiger charge is 2.15. The first-order valence-electron chi connectivity index (χ1n) is 6.94. The molecule has 112 valence electrons.